The normalized spacial score (nSPS) is 57.9. The van der Waals surface area contributed by atoms with Crippen molar-refractivity contribution in [3.05, 3.63) is 12.2 Å². The average Bonchev–Trinajstić information content (AvgIpc) is 2.78. The van der Waals surface area contributed by atoms with Gasteiger partial charge in [0.05, 0.1) is 5.60 Å². The number of hydrogen-bond acceptors (Lipinski definition) is 1. The molecule has 4 rings (SSSR count). The molecule has 1 N–H and O–H groups in total. The molecule has 20 heavy (non-hydrogen) atoms. The Labute approximate surface area is 123 Å². The van der Waals surface area contributed by atoms with Crippen molar-refractivity contribution >= 4 is 0 Å². The van der Waals surface area contributed by atoms with Crippen LogP contribution in [0.2, 0.25) is 0 Å². The maximum atomic E-state index is 10.4. The lowest BCUT2D eigenvalue weighted by Gasteiger charge is -2.56. The Kier molecular flexibility index (Phi) is 2.91. The van der Waals surface area contributed by atoms with Crippen LogP contribution in [0.15, 0.2) is 12.2 Å². The predicted octanol–water partition coefficient (Wildman–Crippen LogP) is 4.56. The Balaban J connectivity index is 1.57. The van der Waals surface area contributed by atoms with Crippen LogP contribution in [0.3, 0.4) is 0 Å². The van der Waals surface area contributed by atoms with Gasteiger partial charge >= 0.3 is 0 Å². The third-order valence-electron chi connectivity index (χ3n) is 7.54. The molecule has 1 heteroatoms. The fourth-order valence-electron chi connectivity index (χ4n) is 6.50. The zero-order valence-electron chi connectivity index (χ0n) is 13.1. The summed E-state index contributed by atoms with van der Waals surface area (Å²) in [5, 5.41) is 10.4. The number of allylic oxidation sites excluding steroid dienone is 2. The molecule has 0 heterocycles. The highest BCUT2D eigenvalue weighted by atomic mass is 16.3. The summed E-state index contributed by atoms with van der Waals surface area (Å²) in [4.78, 5) is 0. The molecular formula is C19H30O. The highest BCUT2D eigenvalue weighted by Gasteiger charge is 2.53. The van der Waals surface area contributed by atoms with E-state index in [1.165, 1.54) is 38.5 Å². The molecule has 7 atom stereocenters. The molecule has 0 spiro atoms. The van der Waals surface area contributed by atoms with Crippen LogP contribution in [0.5, 0.6) is 0 Å². The second kappa shape index (κ2) is 4.35. The maximum Gasteiger partial charge on any atom is 0.0622 e. The summed E-state index contributed by atoms with van der Waals surface area (Å²) < 4.78 is 0. The van der Waals surface area contributed by atoms with E-state index in [0.717, 1.165) is 42.4 Å². The third-order valence-corrected chi connectivity index (χ3v) is 7.54. The van der Waals surface area contributed by atoms with E-state index in [0.29, 0.717) is 5.41 Å². The maximum absolute atomic E-state index is 10.4. The lowest BCUT2D eigenvalue weighted by atomic mass is 9.50. The van der Waals surface area contributed by atoms with Crippen molar-refractivity contribution in [3.63, 3.8) is 0 Å². The summed E-state index contributed by atoms with van der Waals surface area (Å²) in [5.74, 6) is 4.52. The second-order valence-corrected chi connectivity index (χ2v) is 8.92. The Hall–Kier alpha value is -0.300. The standard InChI is InChI=1S/C19H30O/c1-18-9-3-4-17(18)16-6-5-13-12-19(2,20)11-8-14(13)15(16)7-10-18/h3-4,13-17,20H,5-12H2,1-2H3/t13-,14+,15-,16-,17+,18+,19-/m1/s1. The van der Waals surface area contributed by atoms with Crippen molar-refractivity contribution in [1.29, 1.82) is 0 Å². The quantitative estimate of drug-likeness (QED) is 0.642. The fourth-order valence-corrected chi connectivity index (χ4v) is 6.50. The van der Waals surface area contributed by atoms with Crippen molar-refractivity contribution < 1.29 is 5.11 Å². The van der Waals surface area contributed by atoms with E-state index < -0.39 is 0 Å². The lowest BCUT2D eigenvalue weighted by Crippen LogP contribution is -2.49. The van der Waals surface area contributed by atoms with Crippen molar-refractivity contribution in [3.8, 4) is 0 Å². The lowest BCUT2D eigenvalue weighted by molar-refractivity contribution is -0.0887. The molecule has 0 bridgehead atoms. The van der Waals surface area contributed by atoms with Crippen molar-refractivity contribution in [1.82, 2.24) is 0 Å². The molecule has 4 aliphatic rings. The summed E-state index contributed by atoms with van der Waals surface area (Å²) in [6.07, 6.45) is 15.4. The highest BCUT2D eigenvalue weighted by molar-refractivity contribution is 5.14. The molecular weight excluding hydrogens is 244 g/mol. The Morgan fingerprint density at radius 2 is 1.75 bits per heavy atom. The predicted molar refractivity (Wildman–Crippen MR) is 82.3 cm³/mol. The summed E-state index contributed by atoms with van der Waals surface area (Å²) in [7, 11) is 0. The number of hydrogen-bond donors (Lipinski definition) is 1. The van der Waals surface area contributed by atoms with Gasteiger partial charge in [0.1, 0.15) is 0 Å². The van der Waals surface area contributed by atoms with Crippen molar-refractivity contribution in [2.45, 2.75) is 70.8 Å². The molecule has 1 nitrogen and oxygen atoms in total. The minimum absolute atomic E-state index is 0.371. The van der Waals surface area contributed by atoms with Crippen LogP contribution >= 0.6 is 0 Å². The van der Waals surface area contributed by atoms with Crippen LogP contribution in [0, 0.1) is 35.0 Å². The van der Waals surface area contributed by atoms with E-state index in [9.17, 15) is 5.11 Å². The van der Waals surface area contributed by atoms with Crippen LogP contribution in [-0.4, -0.2) is 10.7 Å². The van der Waals surface area contributed by atoms with Crippen LogP contribution in [-0.2, 0) is 0 Å². The van der Waals surface area contributed by atoms with Gasteiger partial charge in [-0.2, -0.15) is 0 Å². The number of fused-ring (bicyclic) bond motifs is 5. The highest BCUT2D eigenvalue weighted by Crippen LogP contribution is 2.61. The van der Waals surface area contributed by atoms with E-state index in [1.54, 1.807) is 0 Å². The first-order valence-corrected chi connectivity index (χ1v) is 8.88. The zero-order chi connectivity index (χ0) is 14.0. The molecule has 3 saturated carbocycles. The van der Waals surface area contributed by atoms with Crippen LogP contribution in [0.1, 0.15) is 65.2 Å². The summed E-state index contributed by atoms with van der Waals surface area (Å²) in [6, 6.07) is 0. The molecule has 0 unspecified atom stereocenters. The molecule has 0 saturated heterocycles. The molecule has 0 aliphatic heterocycles. The Morgan fingerprint density at radius 1 is 0.950 bits per heavy atom. The number of rotatable bonds is 0. The molecule has 4 aliphatic carbocycles. The first-order chi connectivity index (χ1) is 9.49. The fraction of sp³-hybridized carbons (Fsp3) is 0.895. The zero-order valence-corrected chi connectivity index (χ0v) is 13.1. The molecule has 3 fully saturated rings. The van der Waals surface area contributed by atoms with E-state index in [-0.39, 0.29) is 5.60 Å². The third kappa shape index (κ3) is 1.92. The molecule has 0 amide bonds. The van der Waals surface area contributed by atoms with Crippen molar-refractivity contribution in [2.75, 3.05) is 0 Å². The number of aliphatic hydroxyl groups is 1. The molecule has 112 valence electrons. The van der Waals surface area contributed by atoms with Crippen molar-refractivity contribution in [2.24, 2.45) is 35.0 Å². The summed E-state index contributed by atoms with van der Waals surface area (Å²) >= 11 is 0. The minimum Gasteiger partial charge on any atom is -0.390 e. The van der Waals surface area contributed by atoms with Gasteiger partial charge in [0.15, 0.2) is 0 Å². The summed E-state index contributed by atoms with van der Waals surface area (Å²) in [6.45, 7) is 4.60. The van der Waals surface area contributed by atoms with Gasteiger partial charge in [0.25, 0.3) is 0 Å². The first-order valence-electron chi connectivity index (χ1n) is 8.88. The van der Waals surface area contributed by atoms with Crippen LogP contribution < -0.4 is 0 Å². The van der Waals surface area contributed by atoms with E-state index in [1.807, 2.05) is 0 Å². The van der Waals surface area contributed by atoms with Gasteiger partial charge in [0, 0.05) is 0 Å². The van der Waals surface area contributed by atoms with Crippen LogP contribution in [0.4, 0.5) is 0 Å². The van der Waals surface area contributed by atoms with E-state index in [2.05, 4.69) is 26.0 Å². The molecule has 0 aromatic heterocycles. The SMILES string of the molecule is C[C@@]1(O)CC[C@H]2[C@H](CC[C@@H]3[C@@H]2CC[C@]2(C)CC=C[C@@H]32)C1. The van der Waals surface area contributed by atoms with E-state index >= 15 is 0 Å². The van der Waals surface area contributed by atoms with Gasteiger partial charge < -0.3 is 5.11 Å². The van der Waals surface area contributed by atoms with Crippen LogP contribution in [0.25, 0.3) is 0 Å². The summed E-state index contributed by atoms with van der Waals surface area (Å²) in [5.41, 5.74) is 0.221. The Bertz CT molecular complexity index is 423. The largest absolute Gasteiger partial charge is 0.390 e. The van der Waals surface area contributed by atoms with E-state index in [4.69, 9.17) is 0 Å². The van der Waals surface area contributed by atoms with Gasteiger partial charge in [-0.3, -0.25) is 0 Å². The minimum atomic E-state index is -0.371. The average molecular weight is 274 g/mol. The van der Waals surface area contributed by atoms with Gasteiger partial charge in [-0.15, -0.1) is 0 Å². The monoisotopic (exact) mass is 274 g/mol. The van der Waals surface area contributed by atoms with Gasteiger partial charge in [-0.25, -0.2) is 0 Å². The molecule has 0 aromatic carbocycles. The second-order valence-electron chi connectivity index (χ2n) is 8.92. The Morgan fingerprint density at radius 3 is 2.60 bits per heavy atom. The first kappa shape index (κ1) is 13.4. The molecule has 0 aromatic rings. The smallest absolute Gasteiger partial charge is 0.0622 e. The molecule has 0 radical (unpaired) electrons. The van der Waals surface area contributed by atoms with Gasteiger partial charge in [-0.1, -0.05) is 19.1 Å². The van der Waals surface area contributed by atoms with Gasteiger partial charge in [0.2, 0.25) is 0 Å². The topological polar surface area (TPSA) is 20.2 Å². The van der Waals surface area contributed by atoms with Gasteiger partial charge in [-0.05, 0) is 93.3 Å².